The second-order valence-electron chi connectivity index (χ2n) is 8.25. The fourth-order valence-electron chi connectivity index (χ4n) is 4.75. The van der Waals surface area contributed by atoms with E-state index in [-0.39, 0.29) is 17.7 Å². The molecule has 1 saturated carbocycles. The Labute approximate surface area is 168 Å². The van der Waals surface area contributed by atoms with Crippen LogP contribution in [0.3, 0.4) is 0 Å². The van der Waals surface area contributed by atoms with E-state index in [0.717, 1.165) is 47.0 Å². The number of carbonyl (C=O) groups excluding carboxylic acids is 2. The molecule has 1 N–H and O–H groups in total. The van der Waals surface area contributed by atoms with Crippen LogP contribution in [0.25, 0.3) is 10.2 Å². The summed E-state index contributed by atoms with van der Waals surface area (Å²) in [6, 6.07) is 6.25. The highest BCUT2D eigenvalue weighted by Crippen LogP contribution is 2.33. The number of hydrogen-bond acceptors (Lipinski definition) is 5. The summed E-state index contributed by atoms with van der Waals surface area (Å²) in [7, 11) is 0. The zero-order valence-electron chi connectivity index (χ0n) is 16.0. The lowest BCUT2D eigenvalue weighted by Gasteiger charge is -2.23. The van der Waals surface area contributed by atoms with Crippen molar-refractivity contribution < 1.29 is 9.59 Å². The van der Waals surface area contributed by atoms with Crippen LogP contribution in [-0.4, -0.2) is 47.4 Å². The molecule has 6 nitrogen and oxygen atoms in total. The molecule has 1 unspecified atom stereocenters. The van der Waals surface area contributed by atoms with E-state index in [4.69, 9.17) is 4.98 Å². The van der Waals surface area contributed by atoms with Crippen molar-refractivity contribution in [3.8, 4) is 0 Å². The van der Waals surface area contributed by atoms with Gasteiger partial charge in [0.1, 0.15) is 0 Å². The van der Waals surface area contributed by atoms with Gasteiger partial charge in [-0.1, -0.05) is 24.2 Å². The molecule has 3 heterocycles. The van der Waals surface area contributed by atoms with E-state index >= 15 is 0 Å². The summed E-state index contributed by atoms with van der Waals surface area (Å²) in [5, 5.41) is 4.11. The summed E-state index contributed by atoms with van der Waals surface area (Å²) in [5.74, 6) is -0.150. The van der Waals surface area contributed by atoms with Crippen molar-refractivity contribution in [1.82, 2.24) is 9.88 Å². The maximum absolute atomic E-state index is 12.8. The van der Waals surface area contributed by atoms with Crippen molar-refractivity contribution >= 4 is 44.2 Å². The molecule has 7 heteroatoms. The van der Waals surface area contributed by atoms with Gasteiger partial charge in [-0.3, -0.25) is 9.59 Å². The average Bonchev–Trinajstić information content (AvgIpc) is 3.46. The standard InChI is InChI=1S/C21H26N4O2S/c26-19-11-14(13-25(19)16-5-1-2-6-16)20(27)22-15-7-8-17-18(12-15)28-21(23-17)24-9-3-4-10-24/h7-8,12,14,16H,1-6,9-11,13H2,(H,22,27). The van der Waals surface area contributed by atoms with E-state index in [2.05, 4.69) is 10.2 Å². The van der Waals surface area contributed by atoms with Crippen molar-refractivity contribution in [3.05, 3.63) is 18.2 Å². The minimum absolute atomic E-state index is 0.0440. The number of benzene rings is 1. The number of nitrogens with one attached hydrogen (secondary N) is 1. The van der Waals surface area contributed by atoms with E-state index in [9.17, 15) is 9.59 Å². The first-order chi connectivity index (χ1) is 13.7. The van der Waals surface area contributed by atoms with Crippen molar-refractivity contribution in [2.45, 2.75) is 51.0 Å². The molecule has 2 aliphatic heterocycles. The Morgan fingerprint density at radius 3 is 2.71 bits per heavy atom. The Balaban J connectivity index is 1.27. The van der Waals surface area contributed by atoms with Crippen LogP contribution in [0, 0.1) is 5.92 Å². The van der Waals surface area contributed by atoms with Gasteiger partial charge in [0.2, 0.25) is 11.8 Å². The number of aromatic nitrogens is 1. The molecular formula is C21H26N4O2S. The van der Waals surface area contributed by atoms with Crippen LogP contribution < -0.4 is 10.2 Å². The second-order valence-corrected chi connectivity index (χ2v) is 9.26. The number of likely N-dealkylation sites (tertiary alicyclic amines) is 1. The molecule has 0 bridgehead atoms. The smallest absolute Gasteiger partial charge is 0.229 e. The highest BCUT2D eigenvalue weighted by molar-refractivity contribution is 7.22. The zero-order chi connectivity index (χ0) is 19.1. The first-order valence-corrected chi connectivity index (χ1v) is 11.2. The fourth-order valence-corrected chi connectivity index (χ4v) is 5.81. The van der Waals surface area contributed by atoms with Gasteiger partial charge in [0.15, 0.2) is 5.13 Å². The zero-order valence-corrected chi connectivity index (χ0v) is 16.8. The van der Waals surface area contributed by atoms with Crippen LogP contribution in [0.5, 0.6) is 0 Å². The number of amides is 2. The largest absolute Gasteiger partial charge is 0.348 e. The van der Waals surface area contributed by atoms with Crippen LogP contribution in [0.4, 0.5) is 10.8 Å². The lowest BCUT2D eigenvalue weighted by Crippen LogP contribution is -2.35. The number of carbonyl (C=O) groups is 2. The maximum atomic E-state index is 12.8. The minimum atomic E-state index is -0.245. The van der Waals surface area contributed by atoms with Crippen LogP contribution in [0.1, 0.15) is 44.9 Å². The molecular weight excluding hydrogens is 372 g/mol. The SMILES string of the molecule is O=C(Nc1ccc2nc(N3CCCC3)sc2c1)C1CC(=O)N(C2CCCC2)C1. The summed E-state index contributed by atoms with van der Waals surface area (Å²) in [6.07, 6.45) is 7.36. The topological polar surface area (TPSA) is 65.5 Å². The van der Waals surface area contributed by atoms with Gasteiger partial charge in [-0.2, -0.15) is 0 Å². The third-order valence-corrected chi connectivity index (χ3v) is 7.39. The van der Waals surface area contributed by atoms with Gasteiger partial charge in [0.05, 0.1) is 16.1 Å². The second kappa shape index (κ2) is 7.35. The van der Waals surface area contributed by atoms with Crippen LogP contribution in [0.15, 0.2) is 18.2 Å². The summed E-state index contributed by atoms with van der Waals surface area (Å²) < 4.78 is 1.09. The number of fused-ring (bicyclic) bond motifs is 1. The molecule has 3 fully saturated rings. The minimum Gasteiger partial charge on any atom is -0.348 e. The van der Waals surface area contributed by atoms with E-state index in [1.54, 1.807) is 11.3 Å². The number of hydrogen-bond donors (Lipinski definition) is 1. The molecule has 1 aromatic carbocycles. The predicted molar refractivity (Wildman–Crippen MR) is 112 cm³/mol. The Kier molecular flexibility index (Phi) is 4.70. The number of anilines is 2. The van der Waals surface area contributed by atoms with E-state index in [1.165, 1.54) is 25.7 Å². The van der Waals surface area contributed by atoms with Crippen LogP contribution >= 0.6 is 11.3 Å². The van der Waals surface area contributed by atoms with Crippen molar-refractivity contribution in [1.29, 1.82) is 0 Å². The lowest BCUT2D eigenvalue weighted by atomic mass is 10.1. The molecule has 5 rings (SSSR count). The Hall–Kier alpha value is -2.15. The molecule has 2 amide bonds. The summed E-state index contributed by atoms with van der Waals surface area (Å²) in [5.41, 5.74) is 1.77. The number of nitrogens with zero attached hydrogens (tertiary/aromatic N) is 3. The molecule has 3 aliphatic rings. The molecule has 148 valence electrons. The van der Waals surface area contributed by atoms with Gasteiger partial charge in [0, 0.05) is 37.8 Å². The summed E-state index contributed by atoms with van der Waals surface area (Å²) in [6.45, 7) is 2.73. The molecule has 1 aromatic heterocycles. The molecule has 1 aliphatic carbocycles. The summed E-state index contributed by atoms with van der Waals surface area (Å²) in [4.78, 5) is 34.2. The third-order valence-electron chi connectivity index (χ3n) is 6.32. The highest BCUT2D eigenvalue weighted by Gasteiger charge is 2.38. The molecule has 2 aromatic rings. The fraction of sp³-hybridized carbons (Fsp3) is 0.571. The highest BCUT2D eigenvalue weighted by atomic mass is 32.1. The van der Waals surface area contributed by atoms with Gasteiger partial charge >= 0.3 is 0 Å². The van der Waals surface area contributed by atoms with E-state index in [1.807, 2.05) is 23.1 Å². The third kappa shape index (κ3) is 3.36. The van der Waals surface area contributed by atoms with Gasteiger partial charge in [-0.05, 0) is 43.9 Å². The molecule has 1 atom stereocenters. The predicted octanol–water partition coefficient (Wildman–Crippen LogP) is 3.63. The van der Waals surface area contributed by atoms with Gasteiger partial charge in [-0.25, -0.2) is 4.98 Å². The van der Waals surface area contributed by atoms with E-state index in [0.29, 0.717) is 19.0 Å². The summed E-state index contributed by atoms with van der Waals surface area (Å²) >= 11 is 1.69. The van der Waals surface area contributed by atoms with Gasteiger partial charge < -0.3 is 15.1 Å². The van der Waals surface area contributed by atoms with Crippen molar-refractivity contribution in [3.63, 3.8) is 0 Å². The monoisotopic (exact) mass is 398 g/mol. The Morgan fingerprint density at radius 1 is 1.14 bits per heavy atom. The van der Waals surface area contributed by atoms with Crippen LogP contribution in [0.2, 0.25) is 0 Å². The van der Waals surface area contributed by atoms with E-state index < -0.39 is 0 Å². The Bertz CT molecular complexity index is 899. The molecule has 0 radical (unpaired) electrons. The number of rotatable bonds is 4. The first kappa shape index (κ1) is 17.9. The quantitative estimate of drug-likeness (QED) is 0.854. The molecule has 0 spiro atoms. The molecule has 28 heavy (non-hydrogen) atoms. The van der Waals surface area contributed by atoms with Gasteiger partial charge in [-0.15, -0.1) is 0 Å². The average molecular weight is 399 g/mol. The molecule has 2 saturated heterocycles. The maximum Gasteiger partial charge on any atom is 0.229 e. The lowest BCUT2D eigenvalue weighted by molar-refractivity contribution is -0.129. The van der Waals surface area contributed by atoms with Crippen molar-refractivity contribution in [2.75, 3.05) is 29.9 Å². The normalized spacial score (nSPS) is 23.3. The number of thiazole rings is 1. The van der Waals surface area contributed by atoms with Crippen LogP contribution in [-0.2, 0) is 9.59 Å². The first-order valence-electron chi connectivity index (χ1n) is 10.4. The Morgan fingerprint density at radius 2 is 1.93 bits per heavy atom. The van der Waals surface area contributed by atoms with Crippen molar-refractivity contribution in [2.24, 2.45) is 5.92 Å². The van der Waals surface area contributed by atoms with Gasteiger partial charge in [0.25, 0.3) is 0 Å².